The first-order valence-corrected chi connectivity index (χ1v) is 7.53. The second-order valence-electron chi connectivity index (χ2n) is 5.11. The molecule has 1 amide bonds. The quantitative estimate of drug-likeness (QED) is 0.785. The summed E-state index contributed by atoms with van der Waals surface area (Å²) in [6, 6.07) is 14.2. The molecule has 0 fully saturated rings. The van der Waals surface area contributed by atoms with Gasteiger partial charge in [-0.25, -0.2) is 4.39 Å². The van der Waals surface area contributed by atoms with Crippen LogP contribution in [-0.4, -0.2) is 26.1 Å². The van der Waals surface area contributed by atoms with Crippen molar-refractivity contribution in [2.75, 3.05) is 20.2 Å². The van der Waals surface area contributed by atoms with E-state index in [9.17, 15) is 9.18 Å². The molecule has 2 N–H and O–H groups in total. The molecule has 2 aromatic rings. The van der Waals surface area contributed by atoms with Crippen LogP contribution in [0, 0.1) is 5.82 Å². The van der Waals surface area contributed by atoms with Crippen LogP contribution in [-0.2, 0) is 17.8 Å². The fraction of sp³-hybridized carbons (Fsp3) is 0.278. The highest BCUT2D eigenvalue weighted by atomic mass is 19.1. The van der Waals surface area contributed by atoms with E-state index in [4.69, 9.17) is 4.74 Å². The Hall–Kier alpha value is -2.40. The zero-order valence-corrected chi connectivity index (χ0v) is 13.1. The molecule has 0 radical (unpaired) electrons. The van der Waals surface area contributed by atoms with Gasteiger partial charge in [0, 0.05) is 18.7 Å². The summed E-state index contributed by atoms with van der Waals surface area (Å²) in [6.45, 7) is 1.16. The molecule has 2 rings (SSSR count). The molecule has 4 nitrogen and oxygen atoms in total. The highest BCUT2D eigenvalue weighted by Gasteiger charge is 2.05. The van der Waals surface area contributed by atoms with Gasteiger partial charge in [0.05, 0.1) is 13.7 Å². The van der Waals surface area contributed by atoms with E-state index in [2.05, 4.69) is 10.6 Å². The van der Waals surface area contributed by atoms with Crippen LogP contribution in [0.25, 0.3) is 0 Å². The predicted octanol–water partition coefficient (Wildman–Crippen LogP) is 2.28. The zero-order chi connectivity index (χ0) is 16.5. The van der Waals surface area contributed by atoms with Crippen LogP contribution in [0.15, 0.2) is 48.5 Å². The van der Waals surface area contributed by atoms with Gasteiger partial charge in [0.15, 0.2) is 0 Å². The molecule has 0 spiro atoms. The molecule has 122 valence electrons. The Morgan fingerprint density at radius 1 is 1.09 bits per heavy atom. The molecule has 0 saturated heterocycles. The van der Waals surface area contributed by atoms with E-state index in [0.29, 0.717) is 25.1 Å². The van der Waals surface area contributed by atoms with Gasteiger partial charge in [-0.05, 0) is 24.1 Å². The molecule has 0 aliphatic carbocycles. The van der Waals surface area contributed by atoms with E-state index in [1.807, 2.05) is 24.3 Å². The lowest BCUT2D eigenvalue weighted by atomic mass is 10.1. The number of benzene rings is 2. The molecular weight excluding hydrogens is 295 g/mol. The number of hydrogen-bond acceptors (Lipinski definition) is 3. The molecule has 0 aliphatic rings. The van der Waals surface area contributed by atoms with Gasteiger partial charge in [-0.15, -0.1) is 0 Å². The van der Waals surface area contributed by atoms with Crippen molar-refractivity contribution >= 4 is 5.91 Å². The highest BCUT2D eigenvalue weighted by molar-refractivity contribution is 5.77. The minimum Gasteiger partial charge on any atom is -0.496 e. The molecule has 0 saturated carbocycles. The third-order valence-corrected chi connectivity index (χ3v) is 3.47. The third-order valence-electron chi connectivity index (χ3n) is 3.47. The normalized spacial score (nSPS) is 10.3. The summed E-state index contributed by atoms with van der Waals surface area (Å²) in [5.41, 5.74) is 1.60. The third kappa shape index (κ3) is 5.38. The monoisotopic (exact) mass is 316 g/mol. The molecule has 0 aromatic heterocycles. The second kappa shape index (κ2) is 8.90. The fourth-order valence-corrected chi connectivity index (χ4v) is 2.26. The number of hydrogen-bond donors (Lipinski definition) is 2. The predicted molar refractivity (Wildman–Crippen MR) is 87.8 cm³/mol. The lowest BCUT2D eigenvalue weighted by molar-refractivity contribution is -0.120. The SMILES string of the molecule is COc1ccccc1CNCC(=O)NCCc1ccccc1F. The molecule has 0 heterocycles. The van der Waals surface area contributed by atoms with Crippen molar-refractivity contribution in [3.05, 3.63) is 65.5 Å². The molecular formula is C18H21FN2O2. The minimum atomic E-state index is -0.240. The van der Waals surface area contributed by atoms with E-state index in [1.54, 1.807) is 25.3 Å². The Bertz CT molecular complexity index is 646. The van der Waals surface area contributed by atoms with E-state index in [0.717, 1.165) is 11.3 Å². The topological polar surface area (TPSA) is 50.4 Å². The molecule has 23 heavy (non-hydrogen) atoms. The van der Waals surface area contributed by atoms with Crippen molar-refractivity contribution in [3.8, 4) is 5.75 Å². The van der Waals surface area contributed by atoms with Crippen molar-refractivity contribution < 1.29 is 13.9 Å². The first kappa shape index (κ1) is 17.0. The number of ether oxygens (including phenoxy) is 1. The number of halogens is 1. The maximum Gasteiger partial charge on any atom is 0.233 e. The molecule has 0 unspecified atom stereocenters. The van der Waals surface area contributed by atoms with E-state index in [1.165, 1.54) is 6.07 Å². The lowest BCUT2D eigenvalue weighted by Gasteiger charge is -2.10. The number of carbonyl (C=O) groups excluding carboxylic acids is 1. The van der Waals surface area contributed by atoms with Gasteiger partial charge in [0.2, 0.25) is 5.91 Å². The first-order valence-electron chi connectivity index (χ1n) is 7.53. The van der Waals surface area contributed by atoms with Crippen molar-refractivity contribution in [2.24, 2.45) is 0 Å². The number of para-hydroxylation sites is 1. The van der Waals surface area contributed by atoms with E-state index < -0.39 is 0 Å². The zero-order valence-electron chi connectivity index (χ0n) is 13.1. The van der Waals surface area contributed by atoms with Crippen molar-refractivity contribution in [2.45, 2.75) is 13.0 Å². The number of rotatable bonds is 8. The molecule has 2 aromatic carbocycles. The lowest BCUT2D eigenvalue weighted by Crippen LogP contribution is -2.34. The van der Waals surface area contributed by atoms with Crippen molar-refractivity contribution in [3.63, 3.8) is 0 Å². The Morgan fingerprint density at radius 2 is 1.78 bits per heavy atom. The Labute approximate surface area is 135 Å². The van der Waals surface area contributed by atoms with Crippen LogP contribution in [0.1, 0.15) is 11.1 Å². The summed E-state index contributed by atoms with van der Waals surface area (Å²) in [6.07, 6.45) is 0.477. The van der Waals surface area contributed by atoms with Gasteiger partial charge in [0.25, 0.3) is 0 Å². The Kier molecular flexibility index (Phi) is 6.56. The number of methoxy groups -OCH3 is 1. The standard InChI is InChI=1S/C18H21FN2O2/c1-23-17-9-5-3-7-15(17)12-20-13-18(22)21-11-10-14-6-2-4-8-16(14)19/h2-9,20H,10-13H2,1H3,(H,21,22). The summed E-state index contributed by atoms with van der Waals surface area (Å²) in [5, 5.41) is 5.84. The summed E-state index contributed by atoms with van der Waals surface area (Å²) in [5.74, 6) is 0.437. The average Bonchev–Trinajstić information content (AvgIpc) is 2.57. The average molecular weight is 316 g/mol. The maximum absolute atomic E-state index is 13.4. The van der Waals surface area contributed by atoms with Gasteiger partial charge >= 0.3 is 0 Å². The molecule has 0 aliphatic heterocycles. The summed E-state index contributed by atoms with van der Waals surface area (Å²) >= 11 is 0. The summed E-state index contributed by atoms with van der Waals surface area (Å²) < 4.78 is 18.7. The van der Waals surface area contributed by atoms with Gasteiger partial charge < -0.3 is 15.4 Å². The van der Waals surface area contributed by atoms with Crippen LogP contribution in [0.5, 0.6) is 5.75 Å². The number of amides is 1. The van der Waals surface area contributed by atoms with Crippen molar-refractivity contribution in [1.29, 1.82) is 0 Å². The first-order chi connectivity index (χ1) is 11.2. The van der Waals surface area contributed by atoms with Gasteiger partial charge in [-0.3, -0.25) is 4.79 Å². The van der Waals surface area contributed by atoms with Crippen LogP contribution in [0.3, 0.4) is 0 Å². The molecule has 5 heteroatoms. The maximum atomic E-state index is 13.4. The molecule has 0 bridgehead atoms. The number of carbonyl (C=O) groups is 1. The second-order valence-corrected chi connectivity index (χ2v) is 5.11. The summed E-state index contributed by atoms with van der Waals surface area (Å²) in [4.78, 5) is 11.8. The number of nitrogens with one attached hydrogen (secondary N) is 2. The minimum absolute atomic E-state index is 0.115. The van der Waals surface area contributed by atoms with Gasteiger partial charge in [-0.2, -0.15) is 0 Å². The van der Waals surface area contributed by atoms with E-state index in [-0.39, 0.29) is 18.3 Å². The smallest absolute Gasteiger partial charge is 0.233 e. The molecule has 0 atom stereocenters. The highest BCUT2D eigenvalue weighted by Crippen LogP contribution is 2.16. The van der Waals surface area contributed by atoms with Gasteiger partial charge in [0.1, 0.15) is 11.6 Å². The van der Waals surface area contributed by atoms with Crippen molar-refractivity contribution in [1.82, 2.24) is 10.6 Å². The van der Waals surface area contributed by atoms with E-state index >= 15 is 0 Å². The van der Waals surface area contributed by atoms with Crippen LogP contribution in [0.4, 0.5) is 4.39 Å². The fourth-order valence-electron chi connectivity index (χ4n) is 2.26. The summed E-state index contributed by atoms with van der Waals surface area (Å²) in [7, 11) is 1.62. The van der Waals surface area contributed by atoms with Gasteiger partial charge in [-0.1, -0.05) is 36.4 Å². The van der Waals surface area contributed by atoms with Crippen LogP contribution >= 0.6 is 0 Å². The Balaban J connectivity index is 1.68. The Morgan fingerprint density at radius 3 is 2.52 bits per heavy atom. The largest absolute Gasteiger partial charge is 0.496 e. The van der Waals surface area contributed by atoms with Crippen LogP contribution in [0.2, 0.25) is 0 Å². The van der Waals surface area contributed by atoms with Crippen LogP contribution < -0.4 is 15.4 Å².